The number of aromatic nitrogens is 1. The van der Waals surface area contributed by atoms with Crippen molar-refractivity contribution >= 4 is 6.29 Å². The van der Waals surface area contributed by atoms with Gasteiger partial charge in [0.2, 0.25) is 0 Å². The van der Waals surface area contributed by atoms with E-state index in [2.05, 4.69) is 0 Å². The average molecular weight is 228 g/mol. The van der Waals surface area contributed by atoms with Crippen LogP contribution in [0.25, 0.3) is 0 Å². The molecule has 1 aromatic heterocycles. The molecule has 0 radical (unpaired) electrons. The summed E-state index contributed by atoms with van der Waals surface area (Å²) in [5.41, 5.74) is 1.23. The van der Waals surface area contributed by atoms with E-state index in [1.807, 2.05) is 6.07 Å². The molecule has 4 heteroatoms. The van der Waals surface area contributed by atoms with Gasteiger partial charge in [0.05, 0.1) is 23.9 Å². The van der Waals surface area contributed by atoms with E-state index in [4.69, 9.17) is 5.26 Å². The first-order valence-electron chi connectivity index (χ1n) is 5.03. The number of carbonyl (C=O) groups is 1. The first-order chi connectivity index (χ1) is 8.24. The lowest BCUT2D eigenvalue weighted by Gasteiger charge is -2.06. The zero-order valence-corrected chi connectivity index (χ0v) is 8.93. The van der Waals surface area contributed by atoms with Gasteiger partial charge in [-0.15, -0.1) is 0 Å². The summed E-state index contributed by atoms with van der Waals surface area (Å²) in [6.45, 7) is 0.276. The summed E-state index contributed by atoms with van der Waals surface area (Å²) in [7, 11) is 0. The maximum atomic E-state index is 13.6. The number of aldehydes is 1. The summed E-state index contributed by atoms with van der Waals surface area (Å²) in [5.74, 6) is -0.436. The van der Waals surface area contributed by atoms with E-state index in [0.717, 1.165) is 6.29 Å². The predicted molar refractivity (Wildman–Crippen MR) is 60.0 cm³/mol. The highest BCUT2D eigenvalue weighted by molar-refractivity contribution is 5.72. The molecule has 0 spiro atoms. The Morgan fingerprint density at radius 3 is 2.88 bits per heavy atom. The normalized spacial score (nSPS) is 9.88. The van der Waals surface area contributed by atoms with E-state index in [1.165, 1.54) is 6.07 Å². The number of benzene rings is 1. The van der Waals surface area contributed by atoms with Gasteiger partial charge in [-0.05, 0) is 24.3 Å². The first-order valence-corrected chi connectivity index (χ1v) is 5.03. The molecule has 0 bridgehead atoms. The van der Waals surface area contributed by atoms with E-state index in [-0.39, 0.29) is 12.1 Å². The van der Waals surface area contributed by atoms with Gasteiger partial charge >= 0.3 is 0 Å². The molecule has 0 saturated carbocycles. The molecule has 17 heavy (non-hydrogen) atoms. The van der Waals surface area contributed by atoms with Gasteiger partial charge in [0, 0.05) is 11.8 Å². The Morgan fingerprint density at radius 1 is 1.41 bits per heavy atom. The molecule has 3 nitrogen and oxygen atoms in total. The molecule has 2 aromatic rings. The van der Waals surface area contributed by atoms with E-state index in [0.29, 0.717) is 11.3 Å². The Labute approximate surface area is 97.7 Å². The Morgan fingerprint density at radius 2 is 2.24 bits per heavy atom. The number of hydrogen-bond donors (Lipinski definition) is 0. The maximum absolute atomic E-state index is 13.6. The van der Waals surface area contributed by atoms with Crippen LogP contribution in [0.5, 0.6) is 0 Å². The molecule has 0 atom stereocenters. The highest BCUT2D eigenvalue weighted by Crippen LogP contribution is 2.13. The minimum atomic E-state index is -0.436. The second-order valence-corrected chi connectivity index (χ2v) is 3.60. The molecular formula is C13H9FN2O. The summed E-state index contributed by atoms with van der Waals surface area (Å²) in [4.78, 5) is 10.7. The third-order valence-electron chi connectivity index (χ3n) is 2.51. The first kappa shape index (κ1) is 11.1. The van der Waals surface area contributed by atoms with Crippen LogP contribution in [0.2, 0.25) is 0 Å². The summed E-state index contributed by atoms with van der Waals surface area (Å²) in [6.07, 6.45) is 2.43. The molecule has 1 aromatic carbocycles. The fraction of sp³-hybridized carbons (Fsp3) is 0.0769. The largest absolute Gasteiger partial charge is 0.341 e. The van der Waals surface area contributed by atoms with E-state index in [1.54, 1.807) is 35.0 Å². The molecule has 0 aliphatic rings. The van der Waals surface area contributed by atoms with E-state index in [9.17, 15) is 9.18 Å². The number of hydrogen-bond acceptors (Lipinski definition) is 2. The SMILES string of the molecule is N#Cc1ccc(Cn2cccc2C=O)c(F)c1. The van der Waals surface area contributed by atoms with Crippen LogP contribution >= 0.6 is 0 Å². The second-order valence-electron chi connectivity index (χ2n) is 3.60. The van der Waals surface area contributed by atoms with Crippen molar-refractivity contribution in [1.82, 2.24) is 4.57 Å². The molecule has 0 N–H and O–H groups in total. The van der Waals surface area contributed by atoms with Gasteiger partial charge < -0.3 is 4.57 Å². The third kappa shape index (κ3) is 2.23. The van der Waals surface area contributed by atoms with Crippen LogP contribution in [0.4, 0.5) is 4.39 Å². The quantitative estimate of drug-likeness (QED) is 0.757. The van der Waals surface area contributed by atoms with Crippen molar-refractivity contribution in [3.63, 3.8) is 0 Å². The van der Waals surface area contributed by atoms with Crippen molar-refractivity contribution < 1.29 is 9.18 Å². The fourth-order valence-electron chi connectivity index (χ4n) is 1.61. The van der Waals surface area contributed by atoms with Crippen LogP contribution in [0.3, 0.4) is 0 Å². The van der Waals surface area contributed by atoms with Gasteiger partial charge in [-0.25, -0.2) is 4.39 Å². The van der Waals surface area contributed by atoms with Crippen molar-refractivity contribution in [3.05, 3.63) is 59.2 Å². The lowest BCUT2D eigenvalue weighted by Crippen LogP contribution is -2.04. The van der Waals surface area contributed by atoms with Crippen LogP contribution in [0, 0.1) is 17.1 Å². The van der Waals surface area contributed by atoms with Gasteiger partial charge in [0.15, 0.2) is 6.29 Å². The Balaban J connectivity index is 2.31. The van der Waals surface area contributed by atoms with Crippen LogP contribution < -0.4 is 0 Å². The minimum absolute atomic E-state index is 0.276. The number of rotatable bonds is 3. The summed E-state index contributed by atoms with van der Waals surface area (Å²) in [6, 6.07) is 9.57. The lowest BCUT2D eigenvalue weighted by atomic mass is 10.1. The van der Waals surface area contributed by atoms with Crippen LogP contribution in [-0.2, 0) is 6.54 Å². The molecule has 0 unspecified atom stereocenters. The molecule has 0 aliphatic carbocycles. The number of nitriles is 1. The average Bonchev–Trinajstić information content (AvgIpc) is 2.79. The Bertz CT molecular complexity index is 596. The second kappa shape index (κ2) is 4.62. The van der Waals surface area contributed by atoms with Gasteiger partial charge in [0.1, 0.15) is 5.82 Å². The van der Waals surface area contributed by atoms with Crippen LogP contribution in [0.15, 0.2) is 36.5 Å². The topological polar surface area (TPSA) is 45.8 Å². The predicted octanol–water partition coefficient (Wildman–Crippen LogP) is 2.36. The number of carbonyl (C=O) groups excluding carboxylic acids is 1. The van der Waals surface area contributed by atoms with Crippen LogP contribution in [-0.4, -0.2) is 10.9 Å². The zero-order chi connectivity index (χ0) is 12.3. The van der Waals surface area contributed by atoms with Gasteiger partial charge in [0.25, 0.3) is 0 Å². The summed E-state index contributed by atoms with van der Waals surface area (Å²) >= 11 is 0. The molecule has 2 rings (SSSR count). The molecule has 1 heterocycles. The van der Waals surface area contributed by atoms with Gasteiger partial charge in [-0.3, -0.25) is 4.79 Å². The number of halogens is 1. The molecular weight excluding hydrogens is 219 g/mol. The molecule has 0 amide bonds. The highest BCUT2D eigenvalue weighted by atomic mass is 19.1. The minimum Gasteiger partial charge on any atom is -0.341 e. The molecule has 84 valence electrons. The summed E-state index contributed by atoms with van der Waals surface area (Å²) in [5, 5.41) is 8.62. The highest BCUT2D eigenvalue weighted by Gasteiger charge is 2.06. The van der Waals surface area contributed by atoms with Crippen molar-refractivity contribution in [2.24, 2.45) is 0 Å². The maximum Gasteiger partial charge on any atom is 0.166 e. The van der Waals surface area contributed by atoms with Crippen molar-refractivity contribution in [2.75, 3.05) is 0 Å². The zero-order valence-electron chi connectivity index (χ0n) is 8.93. The Hall–Kier alpha value is -2.41. The summed E-state index contributed by atoms with van der Waals surface area (Å²) < 4.78 is 15.3. The monoisotopic (exact) mass is 228 g/mol. The fourth-order valence-corrected chi connectivity index (χ4v) is 1.61. The van der Waals surface area contributed by atoms with E-state index < -0.39 is 5.82 Å². The van der Waals surface area contributed by atoms with Gasteiger partial charge in [-0.1, -0.05) is 6.07 Å². The third-order valence-corrected chi connectivity index (χ3v) is 2.51. The smallest absolute Gasteiger partial charge is 0.166 e. The van der Waals surface area contributed by atoms with Crippen molar-refractivity contribution in [1.29, 1.82) is 5.26 Å². The number of nitrogens with zero attached hydrogens (tertiary/aromatic N) is 2. The molecule has 0 aliphatic heterocycles. The Kier molecular flexibility index (Phi) is 3.01. The van der Waals surface area contributed by atoms with Crippen molar-refractivity contribution in [3.8, 4) is 6.07 Å². The standard InChI is InChI=1S/C13H9FN2O/c14-13-6-10(7-15)3-4-11(13)8-16-5-1-2-12(16)9-17/h1-6,9H,8H2. The molecule has 0 fully saturated rings. The van der Waals surface area contributed by atoms with Gasteiger partial charge in [-0.2, -0.15) is 5.26 Å². The lowest BCUT2D eigenvalue weighted by molar-refractivity contribution is 0.111. The van der Waals surface area contributed by atoms with Crippen molar-refractivity contribution in [2.45, 2.75) is 6.54 Å². The van der Waals surface area contributed by atoms with E-state index >= 15 is 0 Å². The van der Waals surface area contributed by atoms with Crippen LogP contribution in [0.1, 0.15) is 21.6 Å². The molecule has 0 saturated heterocycles.